The van der Waals surface area contributed by atoms with Crippen LogP contribution in [0, 0.1) is 0 Å². The minimum absolute atomic E-state index is 0.188. The highest BCUT2D eigenvalue weighted by molar-refractivity contribution is 4.80. The third-order valence-electron chi connectivity index (χ3n) is 2.71. The van der Waals surface area contributed by atoms with Gasteiger partial charge in [-0.3, -0.25) is 0 Å². The maximum Gasteiger partial charge on any atom is 0.0586 e. The molecule has 1 aliphatic carbocycles. The lowest BCUT2D eigenvalue weighted by atomic mass is 10.2. The SMILES string of the molecule is COC1CCC(NCCC(C)O)C1. The molecule has 3 nitrogen and oxygen atoms in total. The lowest BCUT2D eigenvalue weighted by Gasteiger charge is -2.13. The van der Waals surface area contributed by atoms with Gasteiger partial charge in [-0.25, -0.2) is 0 Å². The largest absolute Gasteiger partial charge is 0.393 e. The monoisotopic (exact) mass is 187 g/mol. The van der Waals surface area contributed by atoms with Crippen LogP contribution in [-0.4, -0.2) is 37.0 Å². The molecule has 0 spiro atoms. The molecule has 0 aliphatic heterocycles. The van der Waals surface area contributed by atoms with E-state index in [1.54, 1.807) is 7.11 Å². The Morgan fingerprint density at radius 1 is 1.54 bits per heavy atom. The normalized spacial score (nSPS) is 30.7. The van der Waals surface area contributed by atoms with Gasteiger partial charge in [-0.1, -0.05) is 0 Å². The van der Waals surface area contributed by atoms with Gasteiger partial charge in [0.05, 0.1) is 12.2 Å². The first-order valence-corrected chi connectivity index (χ1v) is 5.16. The number of methoxy groups -OCH3 is 1. The maximum absolute atomic E-state index is 9.06. The summed E-state index contributed by atoms with van der Waals surface area (Å²) in [5, 5.41) is 12.5. The molecule has 1 aliphatic rings. The minimum Gasteiger partial charge on any atom is -0.393 e. The Morgan fingerprint density at radius 3 is 2.85 bits per heavy atom. The average Bonchev–Trinajstić information content (AvgIpc) is 2.52. The fourth-order valence-electron chi connectivity index (χ4n) is 1.84. The van der Waals surface area contributed by atoms with Gasteiger partial charge in [0.15, 0.2) is 0 Å². The standard InChI is InChI=1S/C10H21NO2/c1-8(12)5-6-11-9-3-4-10(7-9)13-2/h8-12H,3-7H2,1-2H3. The Hall–Kier alpha value is -0.120. The van der Waals surface area contributed by atoms with Crippen LogP contribution in [0.1, 0.15) is 32.6 Å². The molecule has 3 unspecified atom stereocenters. The topological polar surface area (TPSA) is 41.5 Å². The van der Waals surface area contributed by atoms with E-state index < -0.39 is 0 Å². The van der Waals surface area contributed by atoms with E-state index in [-0.39, 0.29) is 6.10 Å². The Kier molecular flexibility index (Phi) is 4.70. The number of rotatable bonds is 5. The molecule has 0 aromatic carbocycles. The minimum atomic E-state index is -0.188. The third kappa shape index (κ3) is 4.07. The van der Waals surface area contributed by atoms with Gasteiger partial charge in [-0.15, -0.1) is 0 Å². The zero-order chi connectivity index (χ0) is 9.68. The van der Waals surface area contributed by atoms with E-state index in [4.69, 9.17) is 9.84 Å². The highest BCUT2D eigenvalue weighted by atomic mass is 16.5. The van der Waals surface area contributed by atoms with Gasteiger partial charge < -0.3 is 15.2 Å². The molecule has 78 valence electrons. The summed E-state index contributed by atoms with van der Waals surface area (Å²) in [6, 6.07) is 0.601. The van der Waals surface area contributed by atoms with E-state index in [0.717, 1.165) is 19.4 Å². The maximum atomic E-state index is 9.06. The van der Waals surface area contributed by atoms with Crippen molar-refractivity contribution in [2.75, 3.05) is 13.7 Å². The van der Waals surface area contributed by atoms with Gasteiger partial charge in [0.25, 0.3) is 0 Å². The summed E-state index contributed by atoms with van der Waals surface area (Å²) in [6.07, 6.45) is 4.60. The predicted octanol–water partition coefficient (Wildman–Crippen LogP) is 0.914. The molecule has 3 heteroatoms. The van der Waals surface area contributed by atoms with E-state index >= 15 is 0 Å². The average molecular weight is 187 g/mol. The molecule has 0 heterocycles. The lowest BCUT2D eigenvalue weighted by Crippen LogP contribution is -2.29. The van der Waals surface area contributed by atoms with Crippen molar-refractivity contribution >= 4 is 0 Å². The quantitative estimate of drug-likeness (QED) is 0.672. The molecule has 3 atom stereocenters. The summed E-state index contributed by atoms with van der Waals surface area (Å²) < 4.78 is 5.28. The van der Waals surface area contributed by atoms with Gasteiger partial charge in [-0.2, -0.15) is 0 Å². The molecule has 0 aromatic rings. The first-order chi connectivity index (χ1) is 6.22. The van der Waals surface area contributed by atoms with E-state index in [1.807, 2.05) is 6.92 Å². The second-order valence-corrected chi connectivity index (χ2v) is 3.96. The second kappa shape index (κ2) is 5.58. The van der Waals surface area contributed by atoms with Crippen molar-refractivity contribution < 1.29 is 9.84 Å². The summed E-state index contributed by atoms with van der Waals surface area (Å²) in [7, 11) is 1.78. The fourth-order valence-corrected chi connectivity index (χ4v) is 1.84. The highest BCUT2D eigenvalue weighted by Crippen LogP contribution is 2.21. The molecule has 0 saturated heterocycles. The van der Waals surface area contributed by atoms with Crippen LogP contribution < -0.4 is 5.32 Å². The summed E-state index contributed by atoms with van der Waals surface area (Å²) in [5.74, 6) is 0. The van der Waals surface area contributed by atoms with Gasteiger partial charge in [0.1, 0.15) is 0 Å². The summed E-state index contributed by atoms with van der Waals surface area (Å²) in [6.45, 7) is 2.74. The van der Waals surface area contributed by atoms with Crippen molar-refractivity contribution in [3.63, 3.8) is 0 Å². The highest BCUT2D eigenvalue weighted by Gasteiger charge is 2.23. The number of hydrogen-bond acceptors (Lipinski definition) is 3. The van der Waals surface area contributed by atoms with E-state index in [0.29, 0.717) is 12.1 Å². The first-order valence-electron chi connectivity index (χ1n) is 5.16. The molecule has 0 aromatic heterocycles. The molecule has 1 saturated carbocycles. The molecule has 0 bridgehead atoms. The predicted molar refractivity (Wildman–Crippen MR) is 52.7 cm³/mol. The Morgan fingerprint density at radius 2 is 2.31 bits per heavy atom. The van der Waals surface area contributed by atoms with Gasteiger partial charge >= 0.3 is 0 Å². The molecule has 1 rings (SSSR count). The van der Waals surface area contributed by atoms with Crippen LogP contribution in [0.2, 0.25) is 0 Å². The van der Waals surface area contributed by atoms with Gasteiger partial charge in [-0.05, 0) is 39.2 Å². The lowest BCUT2D eigenvalue weighted by molar-refractivity contribution is 0.106. The van der Waals surface area contributed by atoms with Crippen molar-refractivity contribution in [3.8, 4) is 0 Å². The van der Waals surface area contributed by atoms with Crippen LogP contribution in [0.5, 0.6) is 0 Å². The molecule has 1 fully saturated rings. The summed E-state index contributed by atoms with van der Waals surface area (Å²) in [4.78, 5) is 0. The van der Waals surface area contributed by atoms with Crippen LogP contribution in [0.25, 0.3) is 0 Å². The van der Waals surface area contributed by atoms with Gasteiger partial charge in [0, 0.05) is 13.2 Å². The van der Waals surface area contributed by atoms with Crippen LogP contribution in [0.4, 0.5) is 0 Å². The van der Waals surface area contributed by atoms with Crippen molar-refractivity contribution in [1.29, 1.82) is 0 Å². The number of ether oxygens (including phenoxy) is 1. The number of nitrogens with one attached hydrogen (secondary N) is 1. The molecule has 0 radical (unpaired) electrons. The molecular formula is C10H21NO2. The van der Waals surface area contributed by atoms with Crippen LogP contribution in [0.3, 0.4) is 0 Å². The zero-order valence-corrected chi connectivity index (χ0v) is 8.62. The summed E-state index contributed by atoms with van der Waals surface area (Å²) in [5.41, 5.74) is 0. The van der Waals surface area contributed by atoms with Crippen molar-refractivity contribution in [1.82, 2.24) is 5.32 Å². The van der Waals surface area contributed by atoms with Crippen molar-refractivity contribution in [3.05, 3.63) is 0 Å². The van der Waals surface area contributed by atoms with E-state index in [9.17, 15) is 0 Å². The number of aliphatic hydroxyl groups excluding tert-OH is 1. The van der Waals surface area contributed by atoms with E-state index in [1.165, 1.54) is 12.8 Å². The summed E-state index contributed by atoms with van der Waals surface area (Å²) >= 11 is 0. The molecule has 13 heavy (non-hydrogen) atoms. The van der Waals surface area contributed by atoms with E-state index in [2.05, 4.69) is 5.32 Å². The molecule has 0 amide bonds. The van der Waals surface area contributed by atoms with Crippen LogP contribution in [0.15, 0.2) is 0 Å². The van der Waals surface area contributed by atoms with Crippen molar-refractivity contribution in [2.24, 2.45) is 0 Å². The van der Waals surface area contributed by atoms with Crippen molar-refractivity contribution in [2.45, 2.75) is 50.9 Å². The smallest absolute Gasteiger partial charge is 0.0586 e. The second-order valence-electron chi connectivity index (χ2n) is 3.96. The van der Waals surface area contributed by atoms with Gasteiger partial charge in [0.2, 0.25) is 0 Å². The Labute approximate surface area is 80.5 Å². The van der Waals surface area contributed by atoms with Crippen LogP contribution in [-0.2, 0) is 4.74 Å². The molecule has 2 N–H and O–H groups in total. The zero-order valence-electron chi connectivity index (χ0n) is 8.62. The number of aliphatic hydroxyl groups is 1. The van der Waals surface area contributed by atoms with Crippen LogP contribution >= 0.6 is 0 Å². The third-order valence-corrected chi connectivity index (χ3v) is 2.71. The first kappa shape index (κ1) is 11.0. The fraction of sp³-hybridized carbons (Fsp3) is 1.00. The Balaban J connectivity index is 2.03. The molecular weight excluding hydrogens is 166 g/mol. The Bertz CT molecular complexity index is 139. The number of hydrogen-bond donors (Lipinski definition) is 2.